The molecular weight excluding hydrogens is 300 g/mol. The van der Waals surface area contributed by atoms with Crippen molar-refractivity contribution in [1.82, 2.24) is 18.8 Å². The standard InChI is InChI=1S/C11H14N4O3S2/c1-18-9-6-12-5-8(9)15-20(16,17)10-4-2-3-7-11(10)14-19-13-7/h2-4,8-9,12,15H,5-6H2,1H3/t8-,9-/m0/s1. The van der Waals surface area contributed by atoms with Crippen LogP contribution < -0.4 is 10.0 Å². The summed E-state index contributed by atoms with van der Waals surface area (Å²) in [5.41, 5.74) is 0.996. The molecule has 2 heterocycles. The van der Waals surface area contributed by atoms with Gasteiger partial charge in [0.15, 0.2) is 0 Å². The fourth-order valence-corrected chi connectivity index (χ4v) is 4.31. The molecule has 0 spiro atoms. The largest absolute Gasteiger partial charge is 0.378 e. The Hall–Kier alpha value is -1.13. The molecule has 0 saturated carbocycles. The van der Waals surface area contributed by atoms with Crippen molar-refractivity contribution in [3.63, 3.8) is 0 Å². The Morgan fingerprint density at radius 2 is 2.25 bits per heavy atom. The molecule has 2 N–H and O–H groups in total. The van der Waals surface area contributed by atoms with E-state index in [-0.39, 0.29) is 17.0 Å². The van der Waals surface area contributed by atoms with Crippen molar-refractivity contribution < 1.29 is 13.2 Å². The maximum absolute atomic E-state index is 12.5. The van der Waals surface area contributed by atoms with E-state index in [4.69, 9.17) is 4.74 Å². The summed E-state index contributed by atoms with van der Waals surface area (Å²) in [4.78, 5) is 0.158. The van der Waals surface area contributed by atoms with Gasteiger partial charge in [-0.3, -0.25) is 0 Å². The molecule has 3 rings (SSSR count). The van der Waals surface area contributed by atoms with E-state index < -0.39 is 10.0 Å². The monoisotopic (exact) mass is 314 g/mol. The third-order valence-electron chi connectivity index (χ3n) is 3.31. The van der Waals surface area contributed by atoms with Crippen molar-refractivity contribution in [2.45, 2.75) is 17.0 Å². The second-order valence-electron chi connectivity index (χ2n) is 4.55. The summed E-state index contributed by atoms with van der Waals surface area (Å²) in [6.07, 6.45) is -0.169. The number of ether oxygens (including phenoxy) is 1. The molecule has 1 aromatic carbocycles. The quantitative estimate of drug-likeness (QED) is 0.822. The Morgan fingerprint density at radius 3 is 3.05 bits per heavy atom. The van der Waals surface area contributed by atoms with Crippen molar-refractivity contribution >= 4 is 32.8 Å². The van der Waals surface area contributed by atoms with Crippen LogP contribution in [0.5, 0.6) is 0 Å². The summed E-state index contributed by atoms with van der Waals surface area (Å²) >= 11 is 1.00. The summed E-state index contributed by atoms with van der Waals surface area (Å²) in [6.45, 7) is 1.18. The van der Waals surface area contributed by atoms with Gasteiger partial charge in [-0.05, 0) is 12.1 Å². The molecule has 1 fully saturated rings. The highest BCUT2D eigenvalue weighted by atomic mass is 32.2. The predicted octanol–water partition coefficient (Wildman–Crippen LogP) is -0.0436. The maximum atomic E-state index is 12.5. The van der Waals surface area contributed by atoms with Gasteiger partial charge in [0.1, 0.15) is 15.9 Å². The average Bonchev–Trinajstić information content (AvgIpc) is 3.05. The Balaban J connectivity index is 1.94. The molecular formula is C11H14N4O3S2. The number of aromatic nitrogens is 2. The number of nitrogens with zero attached hydrogens (tertiary/aromatic N) is 2. The highest BCUT2D eigenvalue weighted by Gasteiger charge is 2.32. The van der Waals surface area contributed by atoms with Crippen LogP contribution in [-0.4, -0.2) is 49.5 Å². The summed E-state index contributed by atoms with van der Waals surface area (Å²) in [5, 5.41) is 3.10. The number of sulfonamides is 1. The fraction of sp³-hybridized carbons (Fsp3) is 0.455. The lowest BCUT2D eigenvalue weighted by Gasteiger charge is -2.18. The van der Waals surface area contributed by atoms with Crippen LogP contribution in [0.2, 0.25) is 0 Å². The van der Waals surface area contributed by atoms with E-state index in [9.17, 15) is 8.42 Å². The van der Waals surface area contributed by atoms with Crippen LogP contribution in [0.4, 0.5) is 0 Å². The molecule has 2 aromatic rings. The molecule has 0 unspecified atom stereocenters. The minimum Gasteiger partial charge on any atom is -0.378 e. The molecule has 9 heteroatoms. The van der Waals surface area contributed by atoms with Crippen molar-refractivity contribution in [1.29, 1.82) is 0 Å². The van der Waals surface area contributed by atoms with Crippen molar-refractivity contribution in [2.75, 3.05) is 20.2 Å². The van der Waals surface area contributed by atoms with Gasteiger partial charge in [0, 0.05) is 20.2 Å². The van der Waals surface area contributed by atoms with Crippen molar-refractivity contribution in [3.05, 3.63) is 18.2 Å². The summed E-state index contributed by atoms with van der Waals surface area (Å²) in [5.74, 6) is 0. The van der Waals surface area contributed by atoms with E-state index in [2.05, 4.69) is 18.8 Å². The molecule has 1 aliphatic heterocycles. The average molecular weight is 314 g/mol. The second kappa shape index (κ2) is 5.34. The smallest absolute Gasteiger partial charge is 0.243 e. The predicted molar refractivity (Wildman–Crippen MR) is 75.2 cm³/mol. The molecule has 0 bridgehead atoms. The molecule has 1 aromatic heterocycles. The van der Waals surface area contributed by atoms with Crippen LogP contribution in [-0.2, 0) is 14.8 Å². The van der Waals surface area contributed by atoms with Crippen molar-refractivity contribution in [3.8, 4) is 0 Å². The second-order valence-corrected chi connectivity index (χ2v) is 6.76. The number of rotatable bonds is 4. The zero-order chi connectivity index (χ0) is 14.2. The van der Waals surface area contributed by atoms with Crippen LogP contribution in [0.3, 0.4) is 0 Å². The Labute approximate surface area is 120 Å². The highest BCUT2D eigenvalue weighted by molar-refractivity contribution is 7.89. The SMILES string of the molecule is CO[C@H]1CNC[C@@H]1NS(=O)(=O)c1cccc2nsnc12. The van der Waals surface area contributed by atoms with Gasteiger partial charge in [0.05, 0.1) is 23.9 Å². The van der Waals surface area contributed by atoms with Gasteiger partial charge in [0.2, 0.25) is 10.0 Å². The van der Waals surface area contributed by atoms with Gasteiger partial charge in [0.25, 0.3) is 0 Å². The van der Waals surface area contributed by atoms with Gasteiger partial charge in [-0.1, -0.05) is 6.07 Å². The zero-order valence-corrected chi connectivity index (χ0v) is 12.4. The third-order valence-corrected chi connectivity index (χ3v) is 5.37. The lowest BCUT2D eigenvalue weighted by molar-refractivity contribution is 0.103. The molecule has 1 aliphatic rings. The van der Waals surface area contributed by atoms with E-state index in [0.29, 0.717) is 24.1 Å². The van der Waals surface area contributed by atoms with Gasteiger partial charge >= 0.3 is 0 Å². The molecule has 0 radical (unpaired) electrons. The van der Waals surface area contributed by atoms with Gasteiger partial charge in [-0.25, -0.2) is 13.1 Å². The normalized spacial score (nSPS) is 23.4. The van der Waals surface area contributed by atoms with Crippen LogP contribution in [0.25, 0.3) is 11.0 Å². The molecule has 0 aliphatic carbocycles. The van der Waals surface area contributed by atoms with Crippen molar-refractivity contribution in [2.24, 2.45) is 0 Å². The van der Waals surface area contributed by atoms with Crippen LogP contribution in [0, 0.1) is 0 Å². The number of hydrogen-bond donors (Lipinski definition) is 2. The molecule has 108 valence electrons. The molecule has 7 nitrogen and oxygen atoms in total. The Morgan fingerprint density at radius 1 is 1.40 bits per heavy atom. The van der Waals surface area contributed by atoms with E-state index in [1.165, 1.54) is 6.07 Å². The lowest BCUT2D eigenvalue weighted by atomic mass is 10.2. The van der Waals surface area contributed by atoms with Crippen LogP contribution in [0.15, 0.2) is 23.1 Å². The number of nitrogens with one attached hydrogen (secondary N) is 2. The third kappa shape index (κ3) is 2.42. The number of methoxy groups -OCH3 is 1. The van der Waals surface area contributed by atoms with Gasteiger partial charge < -0.3 is 10.1 Å². The van der Waals surface area contributed by atoms with E-state index in [1.54, 1.807) is 19.2 Å². The first-order chi connectivity index (χ1) is 9.62. The summed E-state index contributed by atoms with van der Waals surface area (Å²) in [6, 6.07) is 4.66. The lowest BCUT2D eigenvalue weighted by Crippen LogP contribution is -2.43. The zero-order valence-electron chi connectivity index (χ0n) is 10.7. The Bertz CT molecular complexity index is 715. The van der Waals surface area contributed by atoms with Gasteiger partial charge in [-0.15, -0.1) is 0 Å². The Kier molecular flexibility index (Phi) is 3.69. The van der Waals surface area contributed by atoms with E-state index in [0.717, 1.165) is 11.7 Å². The molecule has 20 heavy (non-hydrogen) atoms. The van der Waals surface area contributed by atoms with Crippen LogP contribution >= 0.6 is 11.7 Å². The van der Waals surface area contributed by atoms with Gasteiger partial charge in [-0.2, -0.15) is 8.75 Å². The fourth-order valence-electron chi connectivity index (χ4n) is 2.28. The minimum atomic E-state index is -3.65. The topological polar surface area (TPSA) is 93.2 Å². The molecule has 2 atom stereocenters. The first-order valence-corrected chi connectivity index (χ1v) is 8.30. The number of hydrogen-bond acceptors (Lipinski definition) is 7. The number of benzene rings is 1. The van der Waals surface area contributed by atoms with Crippen LogP contribution in [0.1, 0.15) is 0 Å². The molecule has 0 amide bonds. The first kappa shape index (κ1) is 13.8. The molecule has 1 saturated heterocycles. The maximum Gasteiger partial charge on any atom is 0.243 e. The minimum absolute atomic E-state index is 0.158. The highest BCUT2D eigenvalue weighted by Crippen LogP contribution is 2.21. The summed E-state index contributed by atoms with van der Waals surface area (Å²) in [7, 11) is -2.08. The van der Waals surface area contributed by atoms with E-state index >= 15 is 0 Å². The number of fused-ring (bicyclic) bond motifs is 1. The van der Waals surface area contributed by atoms with E-state index in [1.807, 2.05) is 0 Å². The first-order valence-electron chi connectivity index (χ1n) is 6.09. The summed E-state index contributed by atoms with van der Waals surface area (Å²) < 4.78 is 41.1.